The number of aromatic nitrogens is 1. The number of phenolic OH excluding ortho intramolecular Hbond substituents is 1. The van der Waals surface area contributed by atoms with Crippen molar-refractivity contribution in [1.82, 2.24) is 4.57 Å². The standard InChI is InChI=1S/C16H13BrNO/c1-11-8-13-9-15(19)6-7-16(13)18(11)10-12-2-4-14(17)5-3-12/h2-7,9,19H,10H2,1H3. The van der Waals surface area contributed by atoms with Crippen LogP contribution < -0.4 is 0 Å². The van der Waals surface area contributed by atoms with Gasteiger partial charge in [-0.15, -0.1) is 0 Å². The maximum Gasteiger partial charge on any atom is 0.116 e. The number of rotatable bonds is 2. The molecule has 1 radical (unpaired) electrons. The first kappa shape index (κ1) is 12.3. The van der Waals surface area contributed by atoms with Crippen LogP contribution in [0.5, 0.6) is 5.75 Å². The van der Waals surface area contributed by atoms with Crippen molar-refractivity contribution < 1.29 is 5.11 Å². The van der Waals surface area contributed by atoms with Crippen molar-refractivity contribution in [2.45, 2.75) is 13.5 Å². The highest BCUT2D eigenvalue weighted by atomic mass is 79.9. The van der Waals surface area contributed by atoms with Crippen LogP contribution >= 0.6 is 15.9 Å². The number of fused-ring (bicyclic) bond motifs is 1. The number of aryl methyl sites for hydroxylation is 1. The van der Waals surface area contributed by atoms with E-state index in [1.165, 1.54) is 5.56 Å². The average Bonchev–Trinajstić information content (AvgIpc) is 2.68. The van der Waals surface area contributed by atoms with Gasteiger partial charge < -0.3 is 9.67 Å². The zero-order valence-electron chi connectivity index (χ0n) is 10.5. The highest BCUT2D eigenvalue weighted by Gasteiger charge is 2.07. The molecule has 0 aliphatic carbocycles. The second-order valence-corrected chi connectivity index (χ2v) is 5.54. The minimum Gasteiger partial charge on any atom is -0.508 e. The summed E-state index contributed by atoms with van der Waals surface area (Å²) < 4.78 is 3.29. The molecule has 2 aromatic carbocycles. The predicted molar refractivity (Wildman–Crippen MR) is 80.4 cm³/mol. The Bertz CT molecular complexity index is 728. The van der Waals surface area contributed by atoms with Crippen LogP contribution in [0.15, 0.2) is 46.9 Å². The number of hydrogen-bond acceptors (Lipinski definition) is 1. The fourth-order valence-corrected chi connectivity index (χ4v) is 2.54. The lowest BCUT2D eigenvalue weighted by atomic mass is 10.2. The van der Waals surface area contributed by atoms with Crippen molar-refractivity contribution in [3.8, 4) is 5.75 Å². The van der Waals surface area contributed by atoms with E-state index in [-0.39, 0.29) is 5.75 Å². The Labute approximate surface area is 120 Å². The molecule has 0 aliphatic rings. The Morgan fingerprint density at radius 1 is 1.16 bits per heavy atom. The predicted octanol–water partition coefficient (Wildman–Crippen LogP) is 4.27. The molecule has 0 bridgehead atoms. The summed E-state index contributed by atoms with van der Waals surface area (Å²) in [7, 11) is 0. The van der Waals surface area contributed by atoms with Gasteiger partial charge in [-0.05, 0) is 42.8 Å². The number of hydrogen-bond donors (Lipinski definition) is 1. The van der Waals surface area contributed by atoms with Gasteiger partial charge >= 0.3 is 0 Å². The van der Waals surface area contributed by atoms with Gasteiger partial charge in [-0.25, -0.2) is 0 Å². The van der Waals surface area contributed by atoms with Crippen LogP contribution in [-0.2, 0) is 6.54 Å². The van der Waals surface area contributed by atoms with Crippen molar-refractivity contribution >= 4 is 26.8 Å². The third-order valence-electron chi connectivity index (χ3n) is 3.25. The first-order valence-electron chi connectivity index (χ1n) is 6.09. The molecule has 0 unspecified atom stereocenters. The highest BCUT2D eigenvalue weighted by Crippen LogP contribution is 2.24. The molecule has 3 heteroatoms. The number of phenols is 1. The zero-order chi connectivity index (χ0) is 13.4. The van der Waals surface area contributed by atoms with Crippen molar-refractivity contribution in [3.05, 3.63) is 64.3 Å². The molecule has 3 aromatic rings. The van der Waals surface area contributed by atoms with Crippen LogP contribution in [-0.4, -0.2) is 9.67 Å². The largest absolute Gasteiger partial charge is 0.508 e. The summed E-state index contributed by atoms with van der Waals surface area (Å²) in [5.41, 5.74) is 3.41. The van der Waals surface area contributed by atoms with Crippen LogP contribution in [0.1, 0.15) is 11.3 Å². The van der Waals surface area contributed by atoms with Gasteiger partial charge in [0.05, 0.1) is 0 Å². The van der Waals surface area contributed by atoms with Crippen molar-refractivity contribution in [1.29, 1.82) is 0 Å². The Balaban J connectivity index is 2.05. The van der Waals surface area contributed by atoms with Gasteiger partial charge in [0.1, 0.15) is 5.75 Å². The Morgan fingerprint density at radius 3 is 2.63 bits per heavy atom. The topological polar surface area (TPSA) is 25.2 Å². The summed E-state index contributed by atoms with van der Waals surface area (Å²) in [6.07, 6.45) is 0. The van der Waals surface area contributed by atoms with Crippen molar-refractivity contribution in [2.24, 2.45) is 0 Å². The number of benzene rings is 2. The summed E-state index contributed by atoms with van der Waals surface area (Å²) in [5, 5.41) is 10.5. The smallest absolute Gasteiger partial charge is 0.116 e. The lowest BCUT2D eigenvalue weighted by Crippen LogP contribution is -2.01. The molecular formula is C16H13BrNO. The lowest BCUT2D eigenvalue weighted by Gasteiger charge is -2.08. The van der Waals surface area contributed by atoms with E-state index in [9.17, 15) is 5.11 Å². The van der Waals surface area contributed by atoms with E-state index in [4.69, 9.17) is 0 Å². The van der Waals surface area contributed by atoms with E-state index in [1.54, 1.807) is 12.1 Å². The van der Waals surface area contributed by atoms with Gasteiger partial charge in [0.2, 0.25) is 0 Å². The lowest BCUT2D eigenvalue weighted by molar-refractivity contribution is 0.476. The Kier molecular flexibility index (Phi) is 3.07. The fraction of sp³-hybridized carbons (Fsp3) is 0.125. The van der Waals surface area contributed by atoms with E-state index in [0.29, 0.717) is 0 Å². The van der Waals surface area contributed by atoms with E-state index >= 15 is 0 Å². The van der Waals surface area contributed by atoms with Crippen LogP contribution in [0.3, 0.4) is 0 Å². The van der Waals surface area contributed by atoms with Gasteiger partial charge in [0.25, 0.3) is 0 Å². The van der Waals surface area contributed by atoms with E-state index in [1.807, 2.05) is 25.1 Å². The van der Waals surface area contributed by atoms with Gasteiger partial charge in [-0.3, -0.25) is 0 Å². The quantitative estimate of drug-likeness (QED) is 0.751. The van der Waals surface area contributed by atoms with Gasteiger partial charge in [0, 0.05) is 33.7 Å². The van der Waals surface area contributed by atoms with E-state index in [0.717, 1.165) is 27.6 Å². The minimum absolute atomic E-state index is 0.282. The highest BCUT2D eigenvalue weighted by molar-refractivity contribution is 9.10. The summed E-state index contributed by atoms with van der Waals surface area (Å²) in [5.74, 6) is 0.282. The molecule has 95 valence electrons. The third-order valence-corrected chi connectivity index (χ3v) is 3.77. The molecule has 0 atom stereocenters. The minimum atomic E-state index is 0.282. The summed E-state index contributed by atoms with van der Waals surface area (Å²) in [4.78, 5) is 0. The number of aromatic hydroxyl groups is 1. The SMILES string of the molecule is Cc1[c]c2cc(O)ccc2n1Cc1ccc(Br)cc1. The van der Waals surface area contributed by atoms with Gasteiger partial charge in [0.15, 0.2) is 0 Å². The second-order valence-electron chi connectivity index (χ2n) is 4.62. The van der Waals surface area contributed by atoms with Gasteiger partial charge in [-0.1, -0.05) is 28.1 Å². The van der Waals surface area contributed by atoms with Crippen molar-refractivity contribution in [2.75, 3.05) is 0 Å². The zero-order valence-corrected chi connectivity index (χ0v) is 12.1. The third kappa shape index (κ3) is 2.38. The maximum atomic E-state index is 9.52. The summed E-state index contributed by atoms with van der Waals surface area (Å²) >= 11 is 3.44. The fourth-order valence-electron chi connectivity index (χ4n) is 2.28. The molecule has 19 heavy (non-hydrogen) atoms. The molecule has 0 aliphatic heterocycles. The second kappa shape index (κ2) is 4.74. The average molecular weight is 315 g/mol. The molecular weight excluding hydrogens is 302 g/mol. The molecule has 1 aromatic heterocycles. The van der Waals surface area contributed by atoms with Gasteiger partial charge in [-0.2, -0.15) is 0 Å². The van der Waals surface area contributed by atoms with Crippen LogP contribution in [0.2, 0.25) is 0 Å². The van der Waals surface area contributed by atoms with Crippen LogP contribution in [0.4, 0.5) is 0 Å². The molecule has 0 saturated carbocycles. The molecule has 1 heterocycles. The molecule has 3 rings (SSSR count). The summed E-state index contributed by atoms with van der Waals surface area (Å²) in [6, 6.07) is 17.0. The Morgan fingerprint density at radius 2 is 1.89 bits per heavy atom. The first-order valence-corrected chi connectivity index (χ1v) is 6.88. The molecule has 0 saturated heterocycles. The number of nitrogens with zero attached hydrogens (tertiary/aromatic N) is 1. The summed E-state index contributed by atoms with van der Waals surface area (Å²) in [6.45, 7) is 2.85. The molecule has 0 spiro atoms. The first-order chi connectivity index (χ1) is 9.13. The van der Waals surface area contributed by atoms with Crippen molar-refractivity contribution in [3.63, 3.8) is 0 Å². The molecule has 0 amide bonds. The molecule has 1 N–H and O–H groups in total. The van der Waals surface area contributed by atoms with Crippen LogP contribution in [0.25, 0.3) is 10.9 Å². The normalized spacial score (nSPS) is 11.1. The van der Waals surface area contributed by atoms with E-state index in [2.05, 4.69) is 38.7 Å². The molecule has 0 fully saturated rings. The monoisotopic (exact) mass is 314 g/mol. The number of halogens is 1. The van der Waals surface area contributed by atoms with Crippen LogP contribution in [0, 0.1) is 13.0 Å². The molecule has 2 nitrogen and oxygen atoms in total. The van der Waals surface area contributed by atoms with E-state index < -0.39 is 0 Å². The Hall–Kier alpha value is -1.74. The maximum absolute atomic E-state index is 9.52.